The lowest BCUT2D eigenvalue weighted by molar-refractivity contribution is -0.295. The highest BCUT2D eigenvalue weighted by molar-refractivity contribution is 7.47. The molecule has 146 heavy (non-hydrogen) atoms. The van der Waals surface area contributed by atoms with Crippen molar-refractivity contribution < 1.29 is 205 Å². The molecular formula is C98H165F8O35P5. The maximum Gasteiger partial charge on any atom is 0.472 e. The standard InChI is InChI=1S/C24H40F2O11P2.3C24H39F2O8P.2CH4/c1-13(4-7-19(28)29)15-5-6-16-20-17(10-18(27)22(15,16)3)21(2)8-9-23(25,36-38(30,31)32)11-14(21)12-24(20,26)37-39(33,34)35;1-13(4-7-19(27)28)15-5-6-16-20-17(10-18(22(15,16)3)34-35(31,32)33)21(2)8-9-23(25,29)11-14(21)12-24(20,26)30;1-13(4-7-19(28)29)15-5-6-16-20-17(10-18(27)22(15,16)3)21(2)8-9-23(25,34-35(31,32)33)11-14(21)12-24(20,26)30;1-13(4-7-19(28)29)15-5-6-16-20-17(10-18(27)22(15,16)3)21(2)8-9-23(25,30)11-14(21)12-24(20,26)34-35(31,32)33;;/h13-18,20,27H,4-12H2,1-3H3,(H,28,29)(H2,30,31,32)(H2,33,34,35);13-18,20,29-30H,4-12H2,1-3H3,(H,27,28)(H2,31,32,33);2*13-18,20,27,30H,4-12H2,1-3H3,(H,28,29)(H2,31,32,33);2*1H4. The fourth-order valence-electron chi connectivity index (χ4n) is 35.9. The fraction of sp³-hybridized carbons (Fsp3) is 0.959. The van der Waals surface area contributed by atoms with Crippen LogP contribution in [0.4, 0.5) is 35.1 Å². The zero-order chi connectivity index (χ0) is 108. The maximum atomic E-state index is 17.1. The number of fused-ring (bicyclic) bond motifs is 20. The van der Waals surface area contributed by atoms with Crippen molar-refractivity contribution in [2.75, 3.05) is 0 Å². The molecule has 0 aromatic rings. The number of halogens is 8. The predicted octanol–water partition coefficient (Wildman–Crippen LogP) is 18.0. The lowest BCUT2D eigenvalue weighted by Gasteiger charge is -2.65. The highest BCUT2D eigenvalue weighted by atomic mass is 31.2. The van der Waals surface area contributed by atoms with Crippen LogP contribution in [-0.4, -0.2) is 200 Å². The number of hydrogen-bond donors (Lipinski definition) is 21. The number of carboxylic acid groups (broad SMARTS) is 4. The molecule has 0 bridgehead atoms. The van der Waals surface area contributed by atoms with Crippen molar-refractivity contribution >= 4 is 63.0 Å². The van der Waals surface area contributed by atoms with Crippen molar-refractivity contribution in [1.82, 2.24) is 0 Å². The Labute approximate surface area is 849 Å². The Morgan fingerprint density at radius 1 is 0.308 bits per heavy atom. The summed E-state index contributed by atoms with van der Waals surface area (Å²) in [6.07, 6.45) is -0.334. The summed E-state index contributed by atoms with van der Waals surface area (Å²) < 4.78 is 209. The van der Waals surface area contributed by atoms with Gasteiger partial charge in [-0.15, -0.1) is 0 Å². The number of carbonyl (C=O) groups is 4. The van der Waals surface area contributed by atoms with Crippen LogP contribution in [0, 0.1) is 185 Å². The Balaban J connectivity index is 0.000000185. The van der Waals surface area contributed by atoms with E-state index in [4.69, 9.17) is 43.8 Å². The molecule has 0 heterocycles. The number of aliphatic carboxylic acids is 4. The highest BCUT2D eigenvalue weighted by Gasteiger charge is 2.78. The zero-order valence-corrected chi connectivity index (χ0v) is 88.5. The van der Waals surface area contributed by atoms with E-state index in [1.165, 1.54) is 0 Å². The number of aliphatic hydroxyl groups is 7. The summed E-state index contributed by atoms with van der Waals surface area (Å²) in [6.45, 7) is 22.8. The van der Waals surface area contributed by atoms with Gasteiger partial charge in [-0.1, -0.05) is 97.9 Å². The van der Waals surface area contributed by atoms with Gasteiger partial charge in [-0.3, -0.25) is 23.7 Å². The number of carboxylic acids is 4. The second kappa shape index (κ2) is 42.1. The lowest BCUT2D eigenvalue weighted by atomic mass is 9.42. The maximum absolute atomic E-state index is 17.1. The van der Waals surface area contributed by atoms with E-state index in [9.17, 15) is 126 Å². The van der Waals surface area contributed by atoms with Gasteiger partial charge in [0.25, 0.3) is 0 Å². The second-order valence-electron chi connectivity index (χ2n) is 50.0. The van der Waals surface area contributed by atoms with Gasteiger partial charge in [-0.05, 0) is 285 Å². The van der Waals surface area contributed by atoms with E-state index in [-0.39, 0.29) is 197 Å². The Kier molecular flexibility index (Phi) is 35.7. The molecule has 0 aromatic heterocycles. The van der Waals surface area contributed by atoms with Crippen LogP contribution in [-0.2, 0) is 64.6 Å². The molecule has 21 N–H and O–H groups in total. The van der Waals surface area contributed by atoms with E-state index < -0.39 is 292 Å². The van der Waals surface area contributed by atoms with Crippen LogP contribution in [0.5, 0.6) is 0 Å². The van der Waals surface area contributed by atoms with Gasteiger partial charge in [-0.25, -0.2) is 76.0 Å². The Morgan fingerprint density at radius 2 is 0.548 bits per heavy atom. The SMILES string of the molecule is C.C.CC(CCC(=O)O)C1CCC2C3C(CC(O)C12C)C1(C)CCC(F)(OP(=O)(O)O)CC1CC3(F)OP(=O)(O)O.CC(CCC(=O)O)C1CCC2C3C(CC(O)C12C)C1(C)CCC(F)(OP(=O)(O)O)CC1CC3(O)F.CC(CCC(=O)O)C1CCC2C3C(CC(O)C12C)C1(C)CCC(O)(F)CC1CC3(F)OP(=O)(O)O.CC(CCC(=O)O)C1CCC2C3C(CC(OP(=O)(O)O)C12C)C1(C)CCC(O)(F)CC1CC3(O)F. The van der Waals surface area contributed by atoms with Crippen molar-refractivity contribution in [3.05, 3.63) is 0 Å². The number of phosphoric acid groups is 5. The molecular weight excluding hydrogens is 2040 g/mol. The molecule has 0 amide bonds. The van der Waals surface area contributed by atoms with Gasteiger partial charge in [0.05, 0.1) is 24.4 Å². The number of alkyl halides is 8. The summed E-state index contributed by atoms with van der Waals surface area (Å²) in [4.78, 5) is 140. The summed E-state index contributed by atoms with van der Waals surface area (Å²) in [7, 11) is -25.9. The zero-order valence-electron chi connectivity index (χ0n) is 84.0. The number of phosphoric ester groups is 5. The van der Waals surface area contributed by atoms with Crippen LogP contribution in [0.25, 0.3) is 0 Å². The first-order valence-electron chi connectivity index (χ1n) is 51.5. The minimum absolute atomic E-state index is 0. The minimum Gasteiger partial charge on any atom is -0.481 e. The van der Waals surface area contributed by atoms with Crippen molar-refractivity contribution in [3.63, 3.8) is 0 Å². The molecule has 0 spiro atoms. The molecule has 48 heteroatoms. The summed E-state index contributed by atoms with van der Waals surface area (Å²) in [5.74, 6) is -36.0. The fourth-order valence-corrected chi connectivity index (χ4v) is 39.0. The molecule has 16 aliphatic rings. The molecule has 16 aliphatic carbocycles. The average molecular weight is 2210 g/mol. The molecule has 0 aliphatic heterocycles. The molecule has 44 unspecified atom stereocenters. The van der Waals surface area contributed by atoms with Crippen molar-refractivity contribution in [2.24, 2.45) is 185 Å². The van der Waals surface area contributed by atoms with Crippen molar-refractivity contribution in [2.45, 2.75) is 400 Å². The van der Waals surface area contributed by atoms with E-state index >= 15 is 26.3 Å². The molecule has 16 saturated carbocycles. The highest BCUT2D eigenvalue weighted by Crippen LogP contribution is 2.80. The minimum atomic E-state index is -5.38. The lowest BCUT2D eigenvalue weighted by Crippen LogP contribution is -2.66. The van der Waals surface area contributed by atoms with Crippen molar-refractivity contribution in [3.8, 4) is 0 Å². The van der Waals surface area contributed by atoms with Gasteiger partial charge in [0.15, 0.2) is 0 Å². The first kappa shape index (κ1) is 124. The first-order valence-corrected chi connectivity index (χ1v) is 59.2. The van der Waals surface area contributed by atoms with Gasteiger partial charge in [0, 0.05) is 132 Å². The quantitative estimate of drug-likeness (QED) is 0.0282. The third-order valence-corrected chi connectivity index (χ3v) is 45.5. The second-order valence-corrected chi connectivity index (χ2v) is 55.8. The van der Waals surface area contributed by atoms with E-state index in [1.54, 1.807) is 6.92 Å². The van der Waals surface area contributed by atoms with Crippen LogP contribution in [0.3, 0.4) is 0 Å². The van der Waals surface area contributed by atoms with Crippen LogP contribution in [0.15, 0.2) is 0 Å². The molecule has 0 radical (unpaired) electrons. The molecule has 0 saturated heterocycles. The van der Waals surface area contributed by atoms with E-state index in [2.05, 4.69) is 9.05 Å². The first-order chi connectivity index (χ1) is 65.4. The third-order valence-electron chi connectivity index (χ3n) is 42.8. The van der Waals surface area contributed by atoms with Gasteiger partial charge >= 0.3 is 63.0 Å². The van der Waals surface area contributed by atoms with Crippen LogP contribution < -0.4 is 0 Å². The van der Waals surface area contributed by atoms with Crippen LogP contribution in [0.1, 0.15) is 329 Å². The summed E-state index contributed by atoms with van der Waals surface area (Å²) in [6, 6.07) is 0. The van der Waals surface area contributed by atoms with Crippen molar-refractivity contribution in [1.29, 1.82) is 0 Å². The number of rotatable bonds is 26. The Bertz CT molecular complexity index is 4920. The molecule has 35 nitrogen and oxygen atoms in total. The Hall–Kier alpha value is -2.41. The molecule has 848 valence electrons. The summed E-state index contributed by atoms with van der Waals surface area (Å²) in [5, 5.41) is 114. The number of hydrogen-bond acceptors (Lipinski definition) is 21. The molecule has 16 rings (SSSR count). The largest absolute Gasteiger partial charge is 0.481 e. The third kappa shape index (κ3) is 23.8. The van der Waals surface area contributed by atoms with Gasteiger partial charge in [-0.2, -0.15) is 0 Å². The topological polar surface area (TPSA) is 625 Å². The average Bonchev–Trinajstić information content (AvgIpc) is 1.30. The molecule has 44 atom stereocenters. The van der Waals surface area contributed by atoms with Crippen LogP contribution in [0.2, 0.25) is 0 Å². The van der Waals surface area contributed by atoms with E-state index in [0.29, 0.717) is 77.0 Å². The van der Waals surface area contributed by atoms with Gasteiger partial charge < -0.3 is 105 Å². The van der Waals surface area contributed by atoms with E-state index in [1.807, 2.05) is 76.2 Å². The Morgan fingerprint density at radius 3 is 0.829 bits per heavy atom. The molecule has 16 fully saturated rings. The van der Waals surface area contributed by atoms with E-state index in [0.717, 1.165) is 0 Å². The van der Waals surface area contributed by atoms with Gasteiger partial charge in [0.2, 0.25) is 46.8 Å². The van der Waals surface area contributed by atoms with Gasteiger partial charge in [0.1, 0.15) is 0 Å². The normalized spacial score (nSPS) is 49.0. The monoisotopic (exact) mass is 2210 g/mol. The predicted molar refractivity (Wildman–Crippen MR) is 509 cm³/mol. The number of aliphatic hydroxyl groups excluding tert-OH is 3. The van der Waals surface area contributed by atoms with Crippen LogP contribution >= 0.6 is 39.1 Å². The summed E-state index contributed by atoms with van der Waals surface area (Å²) >= 11 is 0. The summed E-state index contributed by atoms with van der Waals surface area (Å²) in [5.41, 5.74) is -5.96. The smallest absolute Gasteiger partial charge is 0.472 e. The molecule has 0 aromatic carbocycles.